The fourth-order valence-corrected chi connectivity index (χ4v) is 2.98. The summed E-state index contributed by atoms with van der Waals surface area (Å²) < 4.78 is 1.99. The summed E-state index contributed by atoms with van der Waals surface area (Å²) in [5.74, 6) is 0.585. The van der Waals surface area contributed by atoms with E-state index in [1.165, 1.54) is 36.1 Å². The largest absolute Gasteiger partial charge is 0.313 e. The van der Waals surface area contributed by atoms with E-state index in [1.807, 2.05) is 17.9 Å². The van der Waals surface area contributed by atoms with Crippen LogP contribution >= 0.6 is 0 Å². The minimum absolute atomic E-state index is 0.585. The van der Waals surface area contributed by atoms with Crippen LogP contribution in [0.5, 0.6) is 0 Å². The molecule has 3 heteroatoms. The van der Waals surface area contributed by atoms with Crippen molar-refractivity contribution >= 4 is 0 Å². The van der Waals surface area contributed by atoms with Gasteiger partial charge in [0.25, 0.3) is 0 Å². The highest BCUT2D eigenvalue weighted by Gasteiger charge is 2.23. The van der Waals surface area contributed by atoms with Gasteiger partial charge in [-0.15, -0.1) is 0 Å². The van der Waals surface area contributed by atoms with E-state index in [1.54, 1.807) is 0 Å². The maximum absolute atomic E-state index is 4.27. The lowest BCUT2D eigenvalue weighted by Gasteiger charge is -2.20. The summed E-state index contributed by atoms with van der Waals surface area (Å²) in [7, 11) is 2.03. The lowest BCUT2D eigenvalue weighted by atomic mass is 9.90. The highest BCUT2D eigenvalue weighted by molar-refractivity contribution is 5.29. The van der Waals surface area contributed by atoms with Gasteiger partial charge in [-0.2, -0.15) is 5.10 Å². The van der Waals surface area contributed by atoms with Gasteiger partial charge >= 0.3 is 0 Å². The van der Waals surface area contributed by atoms with Crippen LogP contribution in [0.3, 0.4) is 0 Å². The van der Waals surface area contributed by atoms with Gasteiger partial charge in [-0.05, 0) is 55.7 Å². The van der Waals surface area contributed by atoms with Crippen molar-refractivity contribution in [2.24, 2.45) is 7.05 Å². The van der Waals surface area contributed by atoms with Crippen molar-refractivity contribution in [1.29, 1.82) is 0 Å². The Labute approximate surface area is 127 Å². The van der Waals surface area contributed by atoms with Crippen LogP contribution in [-0.4, -0.2) is 22.4 Å². The van der Waals surface area contributed by atoms with Crippen LogP contribution in [0, 0.1) is 6.92 Å². The number of aryl methyl sites for hydroxylation is 3. The molecule has 1 aliphatic rings. The number of benzene rings is 1. The van der Waals surface area contributed by atoms with Crippen LogP contribution in [0.15, 0.2) is 36.5 Å². The van der Waals surface area contributed by atoms with Crippen molar-refractivity contribution < 1.29 is 0 Å². The Morgan fingerprint density at radius 2 is 2.10 bits per heavy atom. The molecule has 1 aromatic carbocycles. The molecule has 21 heavy (non-hydrogen) atoms. The van der Waals surface area contributed by atoms with E-state index in [4.69, 9.17) is 0 Å². The Balaban J connectivity index is 1.69. The minimum Gasteiger partial charge on any atom is -0.313 e. The molecule has 1 heterocycles. The molecule has 0 amide bonds. The number of aromatic nitrogens is 2. The van der Waals surface area contributed by atoms with Crippen LogP contribution in [0.2, 0.25) is 0 Å². The van der Waals surface area contributed by atoms with Gasteiger partial charge < -0.3 is 5.32 Å². The lowest BCUT2D eigenvalue weighted by molar-refractivity contribution is 0.536. The SMILES string of the molecule is Cc1ccccc1C(CCc1ccnn1C)CNC1CC1. The fourth-order valence-electron chi connectivity index (χ4n) is 2.98. The predicted octanol–water partition coefficient (Wildman–Crippen LogP) is 3.20. The van der Waals surface area contributed by atoms with Crippen LogP contribution < -0.4 is 5.32 Å². The molecule has 112 valence electrons. The second kappa shape index (κ2) is 6.44. The third-order valence-corrected chi connectivity index (χ3v) is 4.53. The van der Waals surface area contributed by atoms with Crippen LogP contribution in [0.25, 0.3) is 0 Å². The first kappa shape index (κ1) is 14.3. The van der Waals surface area contributed by atoms with Crippen LogP contribution in [-0.2, 0) is 13.5 Å². The van der Waals surface area contributed by atoms with E-state index in [2.05, 4.69) is 47.7 Å². The molecule has 0 saturated heterocycles. The molecule has 3 nitrogen and oxygen atoms in total. The summed E-state index contributed by atoms with van der Waals surface area (Å²) in [6, 6.07) is 11.7. The average Bonchev–Trinajstić information content (AvgIpc) is 3.22. The fraction of sp³-hybridized carbons (Fsp3) is 0.500. The third kappa shape index (κ3) is 3.73. The van der Waals surface area contributed by atoms with Gasteiger partial charge in [0, 0.05) is 31.5 Å². The van der Waals surface area contributed by atoms with Gasteiger partial charge in [-0.25, -0.2) is 0 Å². The third-order valence-electron chi connectivity index (χ3n) is 4.53. The summed E-state index contributed by atoms with van der Waals surface area (Å²) in [5.41, 5.74) is 4.22. The van der Waals surface area contributed by atoms with Crippen molar-refractivity contribution in [3.63, 3.8) is 0 Å². The van der Waals surface area contributed by atoms with Crippen molar-refractivity contribution in [1.82, 2.24) is 15.1 Å². The minimum atomic E-state index is 0.585. The van der Waals surface area contributed by atoms with Crippen LogP contribution in [0.4, 0.5) is 0 Å². The summed E-state index contributed by atoms with van der Waals surface area (Å²) in [6.45, 7) is 3.32. The number of nitrogens with one attached hydrogen (secondary N) is 1. The molecule has 1 saturated carbocycles. The number of rotatable bonds is 7. The van der Waals surface area contributed by atoms with E-state index in [9.17, 15) is 0 Å². The molecule has 0 aliphatic heterocycles. The maximum Gasteiger partial charge on any atom is 0.0492 e. The maximum atomic E-state index is 4.27. The second-order valence-electron chi connectivity index (χ2n) is 6.22. The normalized spacial score (nSPS) is 16.1. The highest BCUT2D eigenvalue weighted by Crippen LogP contribution is 2.26. The molecule has 0 radical (unpaired) electrons. The molecular weight excluding hydrogens is 258 g/mol. The summed E-state index contributed by atoms with van der Waals surface area (Å²) >= 11 is 0. The van der Waals surface area contributed by atoms with Gasteiger partial charge in [-0.3, -0.25) is 4.68 Å². The standard InChI is InChI=1S/C18H25N3/c1-14-5-3-4-6-18(14)15(13-19-16-8-9-16)7-10-17-11-12-20-21(17)2/h3-6,11-12,15-16,19H,7-10,13H2,1-2H3. The Kier molecular flexibility index (Phi) is 4.39. The number of hydrogen-bond donors (Lipinski definition) is 1. The zero-order valence-corrected chi connectivity index (χ0v) is 13.0. The zero-order valence-electron chi connectivity index (χ0n) is 13.0. The molecule has 2 aromatic rings. The van der Waals surface area contributed by atoms with Crippen molar-refractivity contribution in [3.8, 4) is 0 Å². The summed E-state index contributed by atoms with van der Waals surface area (Å²) in [6.07, 6.45) is 6.84. The summed E-state index contributed by atoms with van der Waals surface area (Å²) in [4.78, 5) is 0. The number of nitrogens with zero attached hydrogens (tertiary/aromatic N) is 2. The van der Waals surface area contributed by atoms with Crippen molar-refractivity contribution in [2.45, 2.75) is 44.6 Å². The van der Waals surface area contributed by atoms with E-state index >= 15 is 0 Å². The van der Waals surface area contributed by atoms with Gasteiger partial charge in [0.2, 0.25) is 0 Å². The molecule has 1 aromatic heterocycles. The molecule has 0 bridgehead atoms. The van der Waals surface area contributed by atoms with E-state index < -0.39 is 0 Å². The van der Waals surface area contributed by atoms with Gasteiger partial charge in [0.1, 0.15) is 0 Å². The Morgan fingerprint density at radius 1 is 1.29 bits per heavy atom. The summed E-state index contributed by atoms with van der Waals surface area (Å²) in [5, 5.41) is 7.97. The molecule has 1 fully saturated rings. The molecule has 1 atom stereocenters. The Morgan fingerprint density at radius 3 is 2.76 bits per heavy atom. The average molecular weight is 283 g/mol. The molecular formula is C18H25N3. The monoisotopic (exact) mass is 283 g/mol. The first-order chi connectivity index (χ1) is 10.2. The first-order valence-corrected chi connectivity index (χ1v) is 8.00. The topological polar surface area (TPSA) is 29.9 Å². The quantitative estimate of drug-likeness (QED) is 0.845. The van der Waals surface area contributed by atoms with Crippen molar-refractivity contribution in [2.75, 3.05) is 6.54 Å². The van der Waals surface area contributed by atoms with E-state index in [-0.39, 0.29) is 0 Å². The van der Waals surface area contributed by atoms with Crippen molar-refractivity contribution in [3.05, 3.63) is 53.3 Å². The van der Waals surface area contributed by atoms with E-state index in [0.29, 0.717) is 5.92 Å². The zero-order chi connectivity index (χ0) is 14.7. The van der Waals surface area contributed by atoms with E-state index in [0.717, 1.165) is 19.0 Å². The van der Waals surface area contributed by atoms with Crippen LogP contribution in [0.1, 0.15) is 42.0 Å². The lowest BCUT2D eigenvalue weighted by Crippen LogP contribution is -2.24. The molecule has 1 aliphatic carbocycles. The predicted molar refractivity (Wildman–Crippen MR) is 86.5 cm³/mol. The Hall–Kier alpha value is -1.61. The van der Waals surface area contributed by atoms with Gasteiger partial charge in [-0.1, -0.05) is 24.3 Å². The highest BCUT2D eigenvalue weighted by atomic mass is 15.2. The molecule has 0 spiro atoms. The first-order valence-electron chi connectivity index (χ1n) is 8.00. The molecule has 3 rings (SSSR count). The van der Waals surface area contributed by atoms with Gasteiger partial charge in [0.15, 0.2) is 0 Å². The van der Waals surface area contributed by atoms with Gasteiger partial charge in [0.05, 0.1) is 0 Å². The number of hydrogen-bond acceptors (Lipinski definition) is 2. The Bertz CT molecular complexity index is 584. The molecule has 1 unspecified atom stereocenters. The second-order valence-corrected chi connectivity index (χ2v) is 6.22. The molecule has 1 N–H and O–H groups in total. The smallest absolute Gasteiger partial charge is 0.0492 e.